The van der Waals surface area contributed by atoms with Crippen LogP contribution in [-0.2, 0) is 4.79 Å². The fraction of sp³-hybridized carbons (Fsp3) is 0.455. The van der Waals surface area contributed by atoms with Crippen molar-refractivity contribution in [3.8, 4) is 0 Å². The SMILES string of the molecule is CCC(CN)CC(=O)Nc1ccnc(Cl)c1. The van der Waals surface area contributed by atoms with Gasteiger partial charge in [-0.05, 0) is 24.6 Å². The second kappa shape index (κ2) is 6.45. The molecule has 0 aromatic carbocycles. The number of aromatic nitrogens is 1. The number of carbonyl (C=O) groups excluding carboxylic acids is 1. The Morgan fingerprint density at radius 2 is 2.44 bits per heavy atom. The molecule has 1 aromatic heterocycles. The highest BCUT2D eigenvalue weighted by atomic mass is 35.5. The highest BCUT2D eigenvalue weighted by molar-refractivity contribution is 6.29. The lowest BCUT2D eigenvalue weighted by molar-refractivity contribution is -0.117. The first-order valence-corrected chi connectivity index (χ1v) is 5.65. The van der Waals surface area contributed by atoms with Gasteiger partial charge in [0.05, 0.1) is 0 Å². The number of carbonyl (C=O) groups is 1. The number of nitrogens with one attached hydrogen (secondary N) is 1. The molecule has 1 amide bonds. The average Bonchev–Trinajstić information content (AvgIpc) is 2.26. The Labute approximate surface area is 100 Å². The van der Waals surface area contributed by atoms with Crippen LogP contribution in [0.4, 0.5) is 5.69 Å². The van der Waals surface area contributed by atoms with Crippen LogP contribution in [-0.4, -0.2) is 17.4 Å². The molecule has 5 heteroatoms. The van der Waals surface area contributed by atoms with Crippen LogP contribution >= 0.6 is 11.6 Å². The minimum atomic E-state index is -0.0421. The molecular formula is C11H16ClN3O. The first-order chi connectivity index (χ1) is 7.65. The fourth-order valence-corrected chi connectivity index (χ4v) is 1.52. The van der Waals surface area contributed by atoms with E-state index in [1.807, 2.05) is 6.92 Å². The molecule has 0 aliphatic rings. The van der Waals surface area contributed by atoms with Gasteiger partial charge in [-0.2, -0.15) is 0 Å². The van der Waals surface area contributed by atoms with Crippen molar-refractivity contribution in [3.05, 3.63) is 23.5 Å². The highest BCUT2D eigenvalue weighted by Gasteiger charge is 2.10. The van der Waals surface area contributed by atoms with E-state index in [1.165, 1.54) is 0 Å². The summed E-state index contributed by atoms with van der Waals surface area (Å²) >= 11 is 5.71. The van der Waals surface area contributed by atoms with Gasteiger partial charge in [0.1, 0.15) is 5.15 Å². The van der Waals surface area contributed by atoms with E-state index in [-0.39, 0.29) is 11.8 Å². The second-order valence-corrected chi connectivity index (χ2v) is 4.02. The van der Waals surface area contributed by atoms with Gasteiger partial charge in [-0.15, -0.1) is 0 Å². The Hall–Kier alpha value is -1.13. The summed E-state index contributed by atoms with van der Waals surface area (Å²) in [5.41, 5.74) is 6.20. The van der Waals surface area contributed by atoms with Crippen molar-refractivity contribution in [3.63, 3.8) is 0 Å². The van der Waals surface area contributed by atoms with E-state index in [9.17, 15) is 4.79 Å². The molecule has 0 aliphatic carbocycles. The molecule has 0 saturated carbocycles. The molecule has 0 aliphatic heterocycles. The summed E-state index contributed by atoms with van der Waals surface area (Å²) in [5, 5.41) is 3.13. The van der Waals surface area contributed by atoms with Crippen LogP contribution in [0, 0.1) is 5.92 Å². The molecule has 0 saturated heterocycles. The standard InChI is InChI=1S/C11H16ClN3O/c1-2-8(7-13)5-11(16)15-9-3-4-14-10(12)6-9/h3-4,6,8H,2,5,7,13H2,1H3,(H,14,15,16). The summed E-state index contributed by atoms with van der Waals surface area (Å²) in [6, 6.07) is 3.32. The van der Waals surface area contributed by atoms with E-state index in [0.717, 1.165) is 6.42 Å². The van der Waals surface area contributed by atoms with Gasteiger partial charge in [0, 0.05) is 18.3 Å². The topological polar surface area (TPSA) is 68.0 Å². The maximum atomic E-state index is 11.6. The largest absolute Gasteiger partial charge is 0.330 e. The van der Waals surface area contributed by atoms with Crippen LogP contribution < -0.4 is 11.1 Å². The summed E-state index contributed by atoms with van der Waals surface area (Å²) in [6.07, 6.45) is 2.89. The van der Waals surface area contributed by atoms with Crippen molar-refractivity contribution in [1.29, 1.82) is 0 Å². The Balaban J connectivity index is 2.51. The summed E-state index contributed by atoms with van der Waals surface area (Å²) in [7, 11) is 0. The summed E-state index contributed by atoms with van der Waals surface area (Å²) in [4.78, 5) is 15.5. The molecule has 88 valence electrons. The van der Waals surface area contributed by atoms with Crippen LogP contribution in [0.3, 0.4) is 0 Å². The third-order valence-electron chi connectivity index (χ3n) is 2.40. The molecule has 0 spiro atoms. The van der Waals surface area contributed by atoms with Crippen molar-refractivity contribution < 1.29 is 4.79 Å². The molecular weight excluding hydrogens is 226 g/mol. The smallest absolute Gasteiger partial charge is 0.224 e. The van der Waals surface area contributed by atoms with Gasteiger partial charge < -0.3 is 11.1 Å². The lowest BCUT2D eigenvalue weighted by Gasteiger charge is -2.11. The molecule has 1 aromatic rings. The number of hydrogen-bond acceptors (Lipinski definition) is 3. The van der Waals surface area contributed by atoms with Crippen molar-refractivity contribution in [2.24, 2.45) is 11.7 Å². The lowest BCUT2D eigenvalue weighted by Crippen LogP contribution is -2.21. The molecule has 4 nitrogen and oxygen atoms in total. The van der Waals surface area contributed by atoms with Crippen LogP contribution in [0.15, 0.2) is 18.3 Å². The van der Waals surface area contributed by atoms with Crippen LogP contribution in [0.2, 0.25) is 5.15 Å². The van der Waals surface area contributed by atoms with Crippen molar-refractivity contribution in [2.45, 2.75) is 19.8 Å². The Morgan fingerprint density at radius 1 is 1.69 bits per heavy atom. The number of hydrogen-bond donors (Lipinski definition) is 2. The zero-order chi connectivity index (χ0) is 12.0. The third-order valence-corrected chi connectivity index (χ3v) is 2.60. The van der Waals surface area contributed by atoms with E-state index in [1.54, 1.807) is 18.3 Å². The summed E-state index contributed by atoms with van der Waals surface area (Å²) in [6.45, 7) is 2.55. The van der Waals surface area contributed by atoms with Gasteiger partial charge in [-0.3, -0.25) is 4.79 Å². The quantitative estimate of drug-likeness (QED) is 0.776. The van der Waals surface area contributed by atoms with E-state index in [4.69, 9.17) is 17.3 Å². The first kappa shape index (κ1) is 12.9. The Bertz CT molecular complexity index is 353. The zero-order valence-electron chi connectivity index (χ0n) is 9.24. The lowest BCUT2D eigenvalue weighted by atomic mass is 10.0. The molecule has 1 unspecified atom stereocenters. The third kappa shape index (κ3) is 4.16. The van der Waals surface area contributed by atoms with Gasteiger partial charge >= 0.3 is 0 Å². The number of nitrogens with zero attached hydrogens (tertiary/aromatic N) is 1. The number of halogens is 1. The number of amides is 1. The summed E-state index contributed by atoms with van der Waals surface area (Å²) in [5.74, 6) is 0.192. The van der Waals surface area contributed by atoms with E-state index < -0.39 is 0 Å². The van der Waals surface area contributed by atoms with Crippen molar-refractivity contribution >= 4 is 23.2 Å². The number of nitrogens with two attached hydrogens (primary N) is 1. The molecule has 0 bridgehead atoms. The maximum absolute atomic E-state index is 11.6. The summed E-state index contributed by atoms with van der Waals surface area (Å²) < 4.78 is 0. The Morgan fingerprint density at radius 3 is 3.00 bits per heavy atom. The number of pyridine rings is 1. The molecule has 1 rings (SSSR count). The predicted molar refractivity (Wildman–Crippen MR) is 65.3 cm³/mol. The maximum Gasteiger partial charge on any atom is 0.224 e. The minimum absolute atomic E-state index is 0.0421. The average molecular weight is 242 g/mol. The molecule has 0 radical (unpaired) electrons. The van der Waals surface area contributed by atoms with Crippen LogP contribution in [0.25, 0.3) is 0 Å². The van der Waals surface area contributed by atoms with Gasteiger partial charge in [-0.25, -0.2) is 4.98 Å². The first-order valence-electron chi connectivity index (χ1n) is 5.27. The molecule has 3 N–H and O–H groups in total. The minimum Gasteiger partial charge on any atom is -0.330 e. The fourth-order valence-electron chi connectivity index (χ4n) is 1.35. The van der Waals surface area contributed by atoms with E-state index in [0.29, 0.717) is 23.8 Å². The zero-order valence-corrected chi connectivity index (χ0v) is 10.00. The van der Waals surface area contributed by atoms with Crippen molar-refractivity contribution in [2.75, 3.05) is 11.9 Å². The molecule has 16 heavy (non-hydrogen) atoms. The van der Waals surface area contributed by atoms with Crippen LogP contribution in [0.1, 0.15) is 19.8 Å². The van der Waals surface area contributed by atoms with Gasteiger partial charge in [0.15, 0.2) is 0 Å². The van der Waals surface area contributed by atoms with E-state index >= 15 is 0 Å². The second-order valence-electron chi connectivity index (χ2n) is 3.63. The van der Waals surface area contributed by atoms with Gasteiger partial charge in [-0.1, -0.05) is 24.9 Å². The molecule has 0 fully saturated rings. The normalized spacial score (nSPS) is 12.2. The van der Waals surface area contributed by atoms with Crippen molar-refractivity contribution in [1.82, 2.24) is 4.98 Å². The molecule has 1 heterocycles. The number of anilines is 1. The van der Waals surface area contributed by atoms with E-state index in [2.05, 4.69) is 10.3 Å². The molecule has 1 atom stereocenters. The van der Waals surface area contributed by atoms with Gasteiger partial charge in [0.25, 0.3) is 0 Å². The number of rotatable bonds is 5. The van der Waals surface area contributed by atoms with Gasteiger partial charge in [0.2, 0.25) is 5.91 Å². The predicted octanol–water partition coefficient (Wildman–Crippen LogP) is 2.05. The Kier molecular flexibility index (Phi) is 5.22. The highest BCUT2D eigenvalue weighted by Crippen LogP contribution is 2.13. The van der Waals surface area contributed by atoms with Crippen LogP contribution in [0.5, 0.6) is 0 Å². The monoisotopic (exact) mass is 241 g/mol.